The number of benzene rings is 1. The average Bonchev–Trinajstić information content (AvgIpc) is 2.54. The van der Waals surface area contributed by atoms with Gasteiger partial charge in [-0.05, 0) is 62.1 Å². The van der Waals surface area contributed by atoms with Crippen LogP contribution in [0, 0.1) is 5.41 Å². The first-order chi connectivity index (χ1) is 11.3. The van der Waals surface area contributed by atoms with Crippen LogP contribution in [0.1, 0.15) is 45.6 Å². The Morgan fingerprint density at radius 3 is 2.42 bits per heavy atom. The Labute approximate surface area is 151 Å². The van der Waals surface area contributed by atoms with E-state index >= 15 is 0 Å². The van der Waals surface area contributed by atoms with Crippen LogP contribution in [-0.4, -0.2) is 17.0 Å². The maximum absolute atomic E-state index is 6.51. The van der Waals surface area contributed by atoms with Crippen LogP contribution < -0.4 is 0 Å². The summed E-state index contributed by atoms with van der Waals surface area (Å²) in [7, 11) is 0. The number of rotatable bonds is 2. The van der Waals surface area contributed by atoms with Crippen molar-refractivity contribution in [1.82, 2.24) is 0 Å². The van der Waals surface area contributed by atoms with Crippen LogP contribution in [0.25, 0.3) is 6.08 Å². The number of hydrogen-bond donors (Lipinski definition) is 0. The fraction of sp³-hybridized carbons (Fsp3) is 0.500. The van der Waals surface area contributed by atoms with Gasteiger partial charge in [-0.15, -0.1) is 0 Å². The van der Waals surface area contributed by atoms with Gasteiger partial charge in [0.15, 0.2) is 5.60 Å². The zero-order chi connectivity index (χ0) is 17.1. The summed E-state index contributed by atoms with van der Waals surface area (Å²) in [6.45, 7) is 6.62. The molecule has 1 aromatic rings. The van der Waals surface area contributed by atoms with Crippen molar-refractivity contribution >= 4 is 22.0 Å². The third-order valence-electron chi connectivity index (χ3n) is 5.86. The zero-order valence-corrected chi connectivity index (χ0v) is 15.9. The van der Waals surface area contributed by atoms with E-state index in [1.807, 2.05) is 42.5 Å². The summed E-state index contributed by atoms with van der Waals surface area (Å²) in [5.41, 5.74) is 0.153. The minimum atomic E-state index is -0.947. The third kappa shape index (κ3) is 2.27. The molecule has 3 nitrogen and oxygen atoms in total. The van der Waals surface area contributed by atoms with E-state index < -0.39 is 11.4 Å². The van der Waals surface area contributed by atoms with Gasteiger partial charge in [-0.1, -0.05) is 48.0 Å². The van der Waals surface area contributed by atoms with Crippen molar-refractivity contribution in [2.75, 3.05) is 0 Å². The summed E-state index contributed by atoms with van der Waals surface area (Å²) in [6, 6.07) is 8.12. The van der Waals surface area contributed by atoms with Crippen LogP contribution in [0.3, 0.4) is 0 Å². The predicted octanol–water partition coefficient (Wildman–Crippen LogP) is 5.41. The van der Waals surface area contributed by atoms with Gasteiger partial charge in [-0.3, -0.25) is 0 Å². The van der Waals surface area contributed by atoms with Gasteiger partial charge >= 0.3 is 0 Å². The standard InChI is InChI=1S/C20H23BrO3/c1-17(2)10-4-11-18(3)20(17)14-13-19(22-18,23-24-20)12-9-15-5-7-16(21)8-6-15/h5-9,12-14H,4,10-11H2,1-3H3/b12-9+/t18-,19+,20+/m0/s1. The highest BCUT2D eigenvalue weighted by atomic mass is 79.9. The van der Waals surface area contributed by atoms with E-state index in [2.05, 4.69) is 42.8 Å². The molecule has 1 aliphatic carbocycles. The van der Waals surface area contributed by atoms with Crippen LogP contribution in [0.5, 0.6) is 0 Å². The molecular weight excluding hydrogens is 368 g/mol. The third-order valence-corrected chi connectivity index (χ3v) is 6.39. The molecular formula is C20H23BrO3. The Morgan fingerprint density at radius 2 is 1.75 bits per heavy atom. The molecule has 1 saturated carbocycles. The second-order valence-electron chi connectivity index (χ2n) is 7.91. The predicted molar refractivity (Wildman–Crippen MR) is 97.1 cm³/mol. The minimum absolute atomic E-state index is 0.0293. The summed E-state index contributed by atoms with van der Waals surface area (Å²) in [6.07, 6.45) is 11.3. The van der Waals surface area contributed by atoms with Gasteiger partial charge in [0.1, 0.15) is 5.60 Å². The minimum Gasteiger partial charge on any atom is -0.331 e. The number of fused-ring (bicyclic) bond motifs is 1. The molecule has 3 aliphatic heterocycles. The van der Waals surface area contributed by atoms with E-state index in [0.717, 1.165) is 29.3 Å². The molecule has 128 valence electrons. The van der Waals surface area contributed by atoms with Gasteiger partial charge in [-0.2, -0.15) is 4.89 Å². The van der Waals surface area contributed by atoms with Crippen molar-refractivity contribution in [2.24, 2.45) is 5.41 Å². The van der Waals surface area contributed by atoms with Gasteiger partial charge in [0.25, 0.3) is 0 Å². The summed E-state index contributed by atoms with van der Waals surface area (Å²) in [4.78, 5) is 11.8. The Bertz CT molecular complexity index is 708. The van der Waals surface area contributed by atoms with Crippen LogP contribution in [-0.2, 0) is 14.5 Å². The van der Waals surface area contributed by atoms with Crippen molar-refractivity contribution in [2.45, 2.75) is 57.0 Å². The number of halogens is 1. The quantitative estimate of drug-likeness (QED) is 0.498. The lowest BCUT2D eigenvalue weighted by molar-refractivity contribution is -0.540. The van der Waals surface area contributed by atoms with E-state index in [-0.39, 0.29) is 11.0 Å². The number of hydrogen-bond acceptors (Lipinski definition) is 3. The van der Waals surface area contributed by atoms with Crippen molar-refractivity contribution in [3.63, 3.8) is 0 Å². The number of ether oxygens (including phenoxy) is 1. The second-order valence-corrected chi connectivity index (χ2v) is 8.83. The molecule has 3 atom stereocenters. The smallest absolute Gasteiger partial charge is 0.241 e. The van der Waals surface area contributed by atoms with Gasteiger partial charge in [0.05, 0.1) is 0 Å². The first kappa shape index (κ1) is 16.5. The Balaban J connectivity index is 1.68. The van der Waals surface area contributed by atoms with Crippen LogP contribution in [0.2, 0.25) is 0 Å². The maximum atomic E-state index is 6.51. The van der Waals surface area contributed by atoms with Gasteiger partial charge in [0.2, 0.25) is 5.79 Å². The summed E-state index contributed by atoms with van der Waals surface area (Å²) >= 11 is 3.45. The molecule has 0 amide bonds. The molecule has 0 N–H and O–H groups in total. The molecule has 0 aromatic heterocycles. The molecule has 1 saturated heterocycles. The average molecular weight is 391 g/mol. The molecule has 4 heteroatoms. The van der Waals surface area contributed by atoms with E-state index in [1.165, 1.54) is 0 Å². The van der Waals surface area contributed by atoms with Crippen molar-refractivity contribution < 1.29 is 14.5 Å². The molecule has 3 heterocycles. The molecule has 2 fully saturated rings. The molecule has 0 radical (unpaired) electrons. The Kier molecular flexibility index (Phi) is 3.63. The molecule has 5 rings (SSSR count). The van der Waals surface area contributed by atoms with Crippen molar-refractivity contribution in [1.29, 1.82) is 0 Å². The first-order valence-corrected chi connectivity index (χ1v) is 9.31. The van der Waals surface area contributed by atoms with Crippen LogP contribution in [0.15, 0.2) is 47.0 Å². The molecule has 1 spiro atoms. The summed E-state index contributed by atoms with van der Waals surface area (Å²) in [5, 5.41) is 0. The molecule has 1 aromatic carbocycles. The highest BCUT2D eigenvalue weighted by Gasteiger charge is 2.68. The Morgan fingerprint density at radius 1 is 1.00 bits per heavy atom. The largest absolute Gasteiger partial charge is 0.331 e. The molecule has 4 aliphatic rings. The lowest BCUT2D eigenvalue weighted by Gasteiger charge is -2.64. The fourth-order valence-electron chi connectivity index (χ4n) is 4.41. The lowest BCUT2D eigenvalue weighted by Crippen LogP contribution is -2.73. The van der Waals surface area contributed by atoms with Crippen LogP contribution in [0.4, 0.5) is 0 Å². The SMILES string of the molecule is CC1(C)CCC[C@]2(C)O[C@@]3(/C=C/c4ccc(Br)cc4)C=C[C@@]12OO3. The first-order valence-electron chi connectivity index (χ1n) is 8.52. The lowest BCUT2D eigenvalue weighted by atomic mass is 9.57. The van der Waals surface area contributed by atoms with Crippen molar-refractivity contribution in [3.05, 3.63) is 52.5 Å². The van der Waals surface area contributed by atoms with Gasteiger partial charge < -0.3 is 4.74 Å². The highest BCUT2D eigenvalue weighted by molar-refractivity contribution is 9.10. The zero-order valence-electron chi connectivity index (χ0n) is 14.3. The second kappa shape index (κ2) is 5.28. The summed E-state index contributed by atoms with van der Waals surface area (Å²) in [5.74, 6) is -0.947. The molecule has 24 heavy (non-hydrogen) atoms. The Hall–Kier alpha value is -0.940. The van der Waals surface area contributed by atoms with E-state index in [0.29, 0.717) is 0 Å². The molecule has 0 unspecified atom stereocenters. The molecule has 2 bridgehead atoms. The summed E-state index contributed by atoms with van der Waals surface area (Å²) < 4.78 is 7.57. The van der Waals surface area contributed by atoms with E-state index in [4.69, 9.17) is 14.5 Å². The van der Waals surface area contributed by atoms with E-state index in [9.17, 15) is 0 Å². The van der Waals surface area contributed by atoms with Gasteiger partial charge in [-0.25, -0.2) is 4.89 Å². The fourth-order valence-corrected chi connectivity index (χ4v) is 4.68. The topological polar surface area (TPSA) is 27.7 Å². The van der Waals surface area contributed by atoms with Crippen LogP contribution >= 0.6 is 15.9 Å². The highest BCUT2D eigenvalue weighted by Crippen LogP contribution is 2.60. The normalized spacial score (nSPS) is 40.0. The monoisotopic (exact) mass is 390 g/mol. The maximum Gasteiger partial charge on any atom is 0.241 e. The van der Waals surface area contributed by atoms with Gasteiger partial charge in [0, 0.05) is 9.89 Å². The van der Waals surface area contributed by atoms with E-state index in [1.54, 1.807) is 0 Å². The van der Waals surface area contributed by atoms with Crippen molar-refractivity contribution in [3.8, 4) is 0 Å².